The van der Waals surface area contributed by atoms with Crippen LogP contribution in [0.5, 0.6) is 11.5 Å². The highest BCUT2D eigenvalue weighted by Gasteiger charge is 2.12. The third kappa shape index (κ3) is 4.68. The molecule has 2 aromatic rings. The van der Waals surface area contributed by atoms with Gasteiger partial charge in [0.2, 0.25) is 0 Å². The van der Waals surface area contributed by atoms with Crippen LogP contribution < -0.4 is 9.47 Å². The number of ether oxygens (including phenoxy) is 2. The second-order valence-corrected chi connectivity index (χ2v) is 5.43. The van der Waals surface area contributed by atoms with Crippen molar-refractivity contribution in [2.45, 2.75) is 20.0 Å². The smallest absolute Gasteiger partial charge is 0.161 e. The zero-order valence-corrected chi connectivity index (χ0v) is 14.0. The summed E-state index contributed by atoms with van der Waals surface area (Å²) >= 11 is 0. The van der Waals surface area contributed by atoms with Crippen molar-refractivity contribution >= 4 is 0 Å². The Bertz CT molecular complexity index is 617. The summed E-state index contributed by atoms with van der Waals surface area (Å²) in [7, 11) is 3.27. The van der Waals surface area contributed by atoms with Crippen LogP contribution in [-0.4, -0.2) is 42.4 Å². The molecule has 0 bridgehead atoms. The highest BCUT2D eigenvalue weighted by atomic mass is 16.5. The quantitative estimate of drug-likeness (QED) is 0.810. The number of methoxy groups -OCH3 is 2. The maximum Gasteiger partial charge on any atom is 0.161 e. The molecule has 1 N–H and O–H groups in total. The van der Waals surface area contributed by atoms with Crippen molar-refractivity contribution in [3.63, 3.8) is 0 Å². The van der Waals surface area contributed by atoms with Gasteiger partial charge in [-0.2, -0.15) is 0 Å². The van der Waals surface area contributed by atoms with Crippen molar-refractivity contribution < 1.29 is 14.6 Å². The molecule has 5 heteroatoms. The van der Waals surface area contributed by atoms with E-state index in [0.29, 0.717) is 6.54 Å². The Morgan fingerprint density at radius 3 is 2.48 bits per heavy atom. The number of hydrogen-bond acceptors (Lipinski definition) is 5. The van der Waals surface area contributed by atoms with Gasteiger partial charge in [-0.05, 0) is 41.8 Å². The van der Waals surface area contributed by atoms with Crippen molar-refractivity contribution in [3.8, 4) is 11.5 Å². The third-order valence-corrected chi connectivity index (χ3v) is 3.78. The molecule has 1 heterocycles. The molecule has 5 nitrogen and oxygen atoms in total. The zero-order chi connectivity index (χ0) is 16.7. The fourth-order valence-electron chi connectivity index (χ4n) is 2.54. The van der Waals surface area contributed by atoms with Crippen molar-refractivity contribution in [2.75, 3.05) is 27.4 Å². The van der Waals surface area contributed by atoms with E-state index in [1.54, 1.807) is 20.4 Å². The second kappa shape index (κ2) is 8.50. The molecule has 0 saturated carbocycles. The number of benzene rings is 1. The van der Waals surface area contributed by atoms with E-state index in [0.717, 1.165) is 41.3 Å². The molecule has 0 aliphatic carbocycles. The Hall–Kier alpha value is -2.11. The number of aromatic nitrogens is 1. The first kappa shape index (κ1) is 17.2. The predicted octanol–water partition coefficient (Wildman–Crippen LogP) is 2.40. The molecule has 124 valence electrons. The van der Waals surface area contributed by atoms with Gasteiger partial charge in [0.1, 0.15) is 0 Å². The summed E-state index contributed by atoms with van der Waals surface area (Å²) in [6.07, 6.45) is 3.62. The minimum absolute atomic E-state index is 0.118. The number of aryl methyl sites for hydroxylation is 1. The van der Waals surface area contributed by atoms with Gasteiger partial charge in [0, 0.05) is 32.0 Å². The average Bonchev–Trinajstić information content (AvgIpc) is 2.57. The Balaban J connectivity index is 2.19. The molecule has 23 heavy (non-hydrogen) atoms. The number of pyridine rings is 1. The van der Waals surface area contributed by atoms with E-state index in [9.17, 15) is 5.11 Å². The molecule has 0 atom stereocenters. The lowest BCUT2D eigenvalue weighted by Crippen LogP contribution is -2.26. The highest BCUT2D eigenvalue weighted by molar-refractivity contribution is 5.47. The van der Waals surface area contributed by atoms with Gasteiger partial charge in [0.25, 0.3) is 0 Å². The van der Waals surface area contributed by atoms with Gasteiger partial charge >= 0.3 is 0 Å². The first-order valence-corrected chi connectivity index (χ1v) is 7.61. The Kier molecular flexibility index (Phi) is 6.38. The van der Waals surface area contributed by atoms with Crippen LogP contribution in [-0.2, 0) is 13.1 Å². The first-order valence-electron chi connectivity index (χ1n) is 7.61. The second-order valence-electron chi connectivity index (χ2n) is 5.43. The summed E-state index contributed by atoms with van der Waals surface area (Å²) < 4.78 is 10.7. The van der Waals surface area contributed by atoms with Gasteiger partial charge < -0.3 is 14.6 Å². The molecular formula is C18H24N2O3. The minimum atomic E-state index is 0.118. The van der Waals surface area contributed by atoms with E-state index in [-0.39, 0.29) is 6.61 Å². The van der Waals surface area contributed by atoms with Crippen molar-refractivity contribution in [1.82, 2.24) is 9.88 Å². The van der Waals surface area contributed by atoms with Crippen LogP contribution in [0.2, 0.25) is 0 Å². The Morgan fingerprint density at radius 2 is 1.87 bits per heavy atom. The summed E-state index contributed by atoms with van der Waals surface area (Å²) in [4.78, 5) is 6.33. The molecule has 0 unspecified atom stereocenters. The normalized spacial score (nSPS) is 10.8. The van der Waals surface area contributed by atoms with Crippen molar-refractivity contribution in [1.29, 1.82) is 0 Å². The molecule has 0 radical (unpaired) electrons. The van der Waals surface area contributed by atoms with Crippen LogP contribution in [0.3, 0.4) is 0 Å². The van der Waals surface area contributed by atoms with E-state index in [1.807, 2.05) is 30.5 Å². The Labute approximate surface area is 137 Å². The summed E-state index contributed by atoms with van der Waals surface area (Å²) in [5.41, 5.74) is 3.41. The monoisotopic (exact) mass is 316 g/mol. The van der Waals surface area contributed by atoms with Gasteiger partial charge in [-0.25, -0.2) is 0 Å². The average molecular weight is 316 g/mol. The summed E-state index contributed by atoms with van der Waals surface area (Å²) in [6.45, 7) is 4.23. The maximum atomic E-state index is 9.34. The Morgan fingerprint density at radius 1 is 1.13 bits per heavy atom. The van der Waals surface area contributed by atoms with Crippen molar-refractivity contribution in [2.24, 2.45) is 0 Å². The molecule has 0 spiro atoms. The van der Waals surface area contributed by atoms with Crippen LogP contribution in [0.1, 0.15) is 16.7 Å². The van der Waals surface area contributed by atoms with Gasteiger partial charge in [-0.1, -0.05) is 6.07 Å². The van der Waals surface area contributed by atoms with E-state index >= 15 is 0 Å². The number of nitrogens with zero attached hydrogens (tertiary/aromatic N) is 2. The van der Waals surface area contributed by atoms with Gasteiger partial charge in [0.05, 0.1) is 20.8 Å². The SMILES string of the molecule is COc1cc(C)c(CN(CCO)Cc2cccnc2)cc1OC. The van der Waals surface area contributed by atoms with Crippen LogP contribution >= 0.6 is 0 Å². The molecule has 1 aromatic heterocycles. The predicted molar refractivity (Wildman–Crippen MR) is 89.7 cm³/mol. The topological polar surface area (TPSA) is 54.8 Å². The van der Waals surface area contributed by atoms with E-state index in [4.69, 9.17) is 9.47 Å². The summed E-state index contributed by atoms with van der Waals surface area (Å²) in [5.74, 6) is 1.45. The molecule has 0 aliphatic rings. The molecule has 2 rings (SSSR count). The molecule has 0 amide bonds. The molecule has 1 aromatic carbocycles. The number of hydrogen-bond donors (Lipinski definition) is 1. The number of aliphatic hydroxyl groups is 1. The van der Waals surface area contributed by atoms with Gasteiger partial charge in [-0.3, -0.25) is 9.88 Å². The van der Waals surface area contributed by atoms with Crippen LogP contribution in [0.25, 0.3) is 0 Å². The molecule has 0 fully saturated rings. The van der Waals surface area contributed by atoms with Crippen LogP contribution in [0, 0.1) is 6.92 Å². The van der Waals surface area contributed by atoms with Gasteiger partial charge in [0.15, 0.2) is 11.5 Å². The first-order chi connectivity index (χ1) is 11.2. The van der Waals surface area contributed by atoms with Gasteiger partial charge in [-0.15, -0.1) is 0 Å². The lowest BCUT2D eigenvalue weighted by Gasteiger charge is -2.23. The molecule has 0 saturated heterocycles. The maximum absolute atomic E-state index is 9.34. The van der Waals surface area contributed by atoms with Crippen molar-refractivity contribution in [3.05, 3.63) is 53.3 Å². The minimum Gasteiger partial charge on any atom is -0.493 e. The molecular weight excluding hydrogens is 292 g/mol. The lowest BCUT2D eigenvalue weighted by molar-refractivity contribution is 0.184. The summed E-state index contributed by atoms with van der Waals surface area (Å²) in [5, 5.41) is 9.34. The summed E-state index contributed by atoms with van der Waals surface area (Å²) in [6, 6.07) is 7.95. The fourth-order valence-corrected chi connectivity index (χ4v) is 2.54. The third-order valence-electron chi connectivity index (χ3n) is 3.78. The van der Waals surface area contributed by atoms with E-state index in [2.05, 4.69) is 16.8 Å². The standard InChI is InChI=1S/C18H24N2O3/c1-14-9-17(22-2)18(23-3)10-16(14)13-20(7-8-21)12-15-5-4-6-19-11-15/h4-6,9-11,21H,7-8,12-13H2,1-3H3. The van der Waals surface area contributed by atoms with E-state index in [1.165, 1.54) is 0 Å². The van der Waals surface area contributed by atoms with Crippen LogP contribution in [0.4, 0.5) is 0 Å². The number of rotatable bonds is 8. The van der Waals surface area contributed by atoms with Crippen LogP contribution in [0.15, 0.2) is 36.7 Å². The fraction of sp³-hybridized carbons (Fsp3) is 0.389. The number of aliphatic hydroxyl groups excluding tert-OH is 1. The lowest BCUT2D eigenvalue weighted by atomic mass is 10.1. The zero-order valence-electron chi connectivity index (χ0n) is 14.0. The molecule has 0 aliphatic heterocycles. The highest BCUT2D eigenvalue weighted by Crippen LogP contribution is 2.31. The largest absolute Gasteiger partial charge is 0.493 e. The van der Waals surface area contributed by atoms with E-state index < -0.39 is 0 Å².